The molecule has 170 valence electrons. The molecule has 6 nitrogen and oxygen atoms in total. The minimum absolute atomic E-state index is 0. The number of likely N-dealkylation sites (N-methyl/N-ethyl adjacent to an activating group) is 2. The summed E-state index contributed by atoms with van der Waals surface area (Å²) in [7, 11) is 7.48. The smallest absolute Gasteiger partial charge is 0.0813 e. The number of methoxy groups -OCH3 is 2. The summed E-state index contributed by atoms with van der Waals surface area (Å²) < 4.78 is 12.7. The normalized spacial score (nSPS) is 30.1. The van der Waals surface area contributed by atoms with E-state index in [0.717, 1.165) is 39.0 Å². The summed E-state index contributed by atoms with van der Waals surface area (Å²) in [5, 5.41) is 19.8. The van der Waals surface area contributed by atoms with Crippen LogP contribution in [0, 0.1) is 100.0 Å². The van der Waals surface area contributed by atoms with Gasteiger partial charge in [-0.05, 0) is 57.1 Å². The van der Waals surface area contributed by atoms with E-state index in [2.05, 4.69) is 32.4 Å². The number of rotatable bonds is 6. The molecule has 9 heteroatoms. The molecule has 0 spiro atoms. The molecule has 2 heterocycles. The van der Waals surface area contributed by atoms with Crippen molar-refractivity contribution in [2.45, 2.75) is 44.2 Å². The molecule has 0 aromatic carbocycles. The van der Waals surface area contributed by atoms with Crippen LogP contribution in [0.5, 0.6) is 0 Å². The first kappa shape index (κ1) is 35.0. The Hall–Kier alpha value is 2.85. The van der Waals surface area contributed by atoms with Crippen LogP contribution in [-0.2, 0) is 9.47 Å². The molecule has 0 saturated carbocycles. The van der Waals surface area contributed by atoms with Gasteiger partial charge in [0, 0.05) is 127 Å². The molecule has 2 aliphatic rings. The standard InChI is InChI=1S/C11H21NO2.C10H18INO2.2Ac/c1-4-5-11(14-3)9-6-7-12(2)8-10(9)13;1-12-6-4-8(9(13)7-12)10(14-2)3-5-11;;/h4-5,9-11,13H,6-8H2,1-3H3;3,5,8-10,13H,4,6-7H2,1-2H3;;/b5-4+;5-3+;;. The maximum absolute atomic E-state index is 9.91. The van der Waals surface area contributed by atoms with Crippen LogP contribution in [0.3, 0.4) is 0 Å². The molecule has 2 fully saturated rings. The fourth-order valence-electron chi connectivity index (χ4n) is 4.04. The average Bonchev–Trinajstić information content (AvgIpc) is 2.66. The van der Waals surface area contributed by atoms with Gasteiger partial charge in [0.25, 0.3) is 0 Å². The molecule has 6 unspecified atom stereocenters. The number of likely N-dealkylation sites (tertiary alicyclic amines) is 2. The number of allylic oxidation sites excluding steroid dienone is 1. The zero-order valence-corrected chi connectivity index (χ0v) is 30.8. The van der Waals surface area contributed by atoms with Crippen molar-refractivity contribution in [2.75, 3.05) is 54.5 Å². The minimum Gasteiger partial charge on any atom is -0.391 e. The molecular weight excluding hydrogens is 925 g/mol. The van der Waals surface area contributed by atoms with Crippen molar-refractivity contribution < 1.29 is 108 Å². The number of hydrogen-bond acceptors (Lipinski definition) is 6. The second kappa shape index (κ2) is 20.1. The molecule has 0 aromatic heterocycles. The Balaban J connectivity index is 0. The Bertz CT molecular complexity index is 446. The average molecular weight is 964 g/mol. The second-order valence-electron chi connectivity index (χ2n) is 7.81. The predicted molar refractivity (Wildman–Crippen MR) is 123 cm³/mol. The van der Waals surface area contributed by atoms with E-state index in [9.17, 15) is 10.2 Å². The number of piperidine rings is 2. The van der Waals surface area contributed by atoms with E-state index in [1.807, 2.05) is 43.3 Å². The van der Waals surface area contributed by atoms with E-state index in [1.54, 1.807) is 14.2 Å². The summed E-state index contributed by atoms with van der Waals surface area (Å²) >= 11 is 2.18. The van der Waals surface area contributed by atoms with E-state index >= 15 is 0 Å². The molecular formula is C21H39Ac2IN2O4. The number of ether oxygens (including phenoxy) is 2. The Kier molecular flexibility index (Phi) is 23.4. The van der Waals surface area contributed by atoms with Gasteiger partial charge in [-0.3, -0.25) is 0 Å². The van der Waals surface area contributed by atoms with E-state index in [1.165, 1.54) is 0 Å². The Morgan fingerprint density at radius 1 is 0.867 bits per heavy atom. The van der Waals surface area contributed by atoms with Gasteiger partial charge in [-0.15, -0.1) is 0 Å². The monoisotopic (exact) mass is 964 g/mol. The van der Waals surface area contributed by atoms with Crippen molar-refractivity contribution in [3.05, 3.63) is 22.3 Å². The Labute approximate surface area is 268 Å². The molecule has 2 radical (unpaired) electrons. The van der Waals surface area contributed by atoms with Crippen molar-refractivity contribution in [1.29, 1.82) is 0 Å². The van der Waals surface area contributed by atoms with E-state index in [4.69, 9.17) is 9.47 Å². The van der Waals surface area contributed by atoms with E-state index in [-0.39, 0.29) is 124 Å². The fraction of sp³-hybridized carbons (Fsp3) is 0.810. The third-order valence-corrected chi connectivity index (χ3v) is 6.12. The van der Waals surface area contributed by atoms with Gasteiger partial charge >= 0.3 is 0 Å². The van der Waals surface area contributed by atoms with Gasteiger partial charge in [0.15, 0.2) is 0 Å². The van der Waals surface area contributed by atoms with Crippen LogP contribution in [-0.4, -0.2) is 98.9 Å². The first-order chi connectivity index (χ1) is 13.4. The minimum atomic E-state index is -0.272. The van der Waals surface area contributed by atoms with Crippen LogP contribution in [0.25, 0.3) is 0 Å². The second-order valence-corrected chi connectivity index (χ2v) is 8.53. The number of aliphatic hydroxyl groups is 2. The van der Waals surface area contributed by atoms with Crippen LogP contribution in [0.4, 0.5) is 0 Å². The first-order valence-electron chi connectivity index (χ1n) is 10.1. The molecule has 2 aliphatic heterocycles. The largest absolute Gasteiger partial charge is 0.391 e. The maximum Gasteiger partial charge on any atom is 0.0813 e. The topological polar surface area (TPSA) is 65.4 Å². The van der Waals surface area contributed by atoms with E-state index in [0.29, 0.717) is 0 Å². The van der Waals surface area contributed by atoms with Gasteiger partial charge in [-0.1, -0.05) is 34.7 Å². The Morgan fingerprint density at radius 3 is 1.57 bits per heavy atom. The van der Waals surface area contributed by atoms with Gasteiger partial charge in [0.2, 0.25) is 0 Å². The predicted octanol–water partition coefficient (Wildman–Crippen LogP) is 2.15. The molecule has 0 amide bonds. The number of aliphatic hydroxyl groups excluding tert-OH is 2. The molecule has 0 aromatic rings. The number of β-amino-alcohol motifs (C(OH)–C–C–N with tert-alkyl or cyclic N) is 2. The SMILES string of the molecule is C/C=C/C(OC)C1CCN(C)CC1O.COC(/C=C/I)C1CCN(C)CC1O.[Ac].[Ac]. The number of halogens is 1. The third-order valence-electron chi connectivity index (χ3n) is 5.71. The molecule has 6 atom stereocenters. The summed E-state index contributed by atoms with van der Waals surface area (Å²) in [4.78, 5) is 4.31. The molecule has 0 bridgehead atoms. The van der Waals surface area contributed by atoms with E-state index < -0.39 is 0 Å². The molecule has 30 heavy (non-hydrogen) atoms. The van der Waals surface area contributed by atoms with Crippen molar-refractivity contribution >= 4 is 22.6 Å². The van der Waals surface area contributed by atoms with Crippen molar-refractivity contribution in [3.63, 3.8) is 0 Å². The van der Waals surface area contributed by atoms with Gasteiger partial charge in [0.1, 0.15) is 0 Å². The van der Waals surface area contributed by atoms with Gasteiger partial charge in [-0.2, -0.15) is 0 Å². The van der Waals surface area contributed by atoms with Crippen LogP contribution >= 0.6 is 22.6 Å². The summed E-state index contributed by atoms with van der Waals surface area (Å²) in [6.45, 7) is 5.56. The van der Waals surface area contributed by atoms with Crippen LogP contribution < -0.4 is 0 Å². The van der Waals surface area contributed by atoms with Crippen molar-refractivity contribution in [3.8, 4) is 0 Å². The zero-order chi connectivity index (χ0) is 21.1. The number of nitrogens with zero attached hydrogens (tertiary/aromatic N) is 2. The maximum atomic E-state index is 9.91. The molecule has 2 N–H and O–H groups in total. The Morgan fingerprint density at radius 2 is 1.27 bits per heavy atom. The van der Waals surface area contributed by atoms with Crippen LogP contribution in [0.1, 0.15) is 19.8 Å². The summed E-state index contributed by atoms with van der Waals surface area (Å²) in [6.07, 6.45) is 7.59. The van der Waals surface area contributed by atoms with Crippen LogP contribution in [0.15, 0.2) is 22.3 Å². The molecule has 2 saturated heterocycles. The van der Waals surface area contributed by atoms with Crippen molar-refractivity contribution in [1.82, 2.24) is 9.80 Å². The van der Waals surface area contributed by atoms with Crippen LogP contribution in [0.2, 0.25) is 0 Å². The number of hydrogen-bond donors (Lipinski definition) is 2. The fourth-order valence-corrected chi connectivity index (χ4v) is 4.44. The van der Waals surface area contributed by atoms with Gasteiger partial charge in [-0.25, -0.2) is 0 Å². The molecule has 2 rings (SSSR count). The summed E-state index contributed by atoms with van der Waals surface area (Å²) in [5.74, 6) is 0.481. The quantitative estimate of drug-likeness (QED) is 0.315. The molecule has 0 aliphatic carbocycles. The summed E-state index contributed by atoms with van der Waals surface area (Å²) in [6, 6.07) is 0. The first-order valence-corrected chi connectivity index (χ1v) is 11.3. The van der Waals surface area contributed by atoms with Crippen molar-refractivity contribution in [2.24, 2.45) is 11.8 Å². The van der Waals surface area contributed by atoms with Gasteiger partial charge in [0.05, 0.1) is 24.4 Å². The zero-order valence-electron chi connectivity index (χ0n) is 19.2. The van der Waals surface area contributed by atoms with Gasteiger partial charge < -0.3 is 29.5 Å². The third kappa shape index (κ3) is 12.5. The summed E-state index contributed by atoms with van der Waals surface area (Å²) in [5.41, 5.74) is 0.